The Balaban J connectivity index is 1.43. The number of hydrogen-bond donors (Lipinski definition) is 2. The number of hydrogen-bond acceptors (Lipinski definition) is 5. The lowest BCUT2D eigenvalue weighted by molar-refractivity contribution is -0.143. The molecule has 4 atom stereocenters. The summed E-state index contributed by atoms with van der Waals surface area (Å²) in [6.45, 7) is 3.89. The third-order valence-corrected chi connectivity index (χ3v) is 6.72. The molecule has 2 N–H and O–H groups in total. The Kier molecular flexibility index (Phi) is 6.88. The molecule has 180 valence electrons. The van der Waals surface area contributed by atoms with Gasteiger partial charge in [0, 0.05) is 13.0 Å². The number of carboxylic acids is 1. The first-order chi connectivity index (χ1) is 16.3. The molecule has 2 amide bonds. The average Bonchev–Trinajstić information content (AvgIpc) is 3.32. The predicted octanol–water partition coefficient (Wildman–Crippen LogP) is 3.39. The van der Waals surface area contributed by atoms with Gasteiger partial charge in [0.25, 0.3) is 0 Å². The van der Waals surface area contributed by atoms with Gasteiger partial charge in [-0.3, -0.25) is 9.59 Å². The largest absolute Gasteiger partial charge is 0.481 e. The lowest BCUT2D eigenvalue weighted by Crippen LogP contribution is -2.52. The topological polar surface area (TPSA) is 105 Å². The number of alkyl carbamates (subject to hydrolysis) is 1. The van der Waals surface area contributed by atoms with Crippen LogP contribution in [0.25, 0.3) is 11.1 Å². The highest BCUT2D eigenvalue weighted by molar-refractivity contribution is 5.89. The van der Waals surface area contributed by atoms with Gasteiger partial charge < -0.3 is 24.8 Å². The summed E-state index contributed by atoms with van der Waals surface area (Å²) in [5, 5.41) is 11.8. The highest BCUT2D eigenvalue weighted by Gasteiger charge is 2.38. The molecule has 0 saturated carbocycles. The highest BCUT2D eigenvalue weighted by Crippen LogP contribution is 2.44. The number of ether oxygens (including phenoxy) is 2. The molecule has 1 fully saturated rings. The van der Waals surface area contributed by atoms with Gasteiger partial charge in [-0.05, 0) is 42.5 Å². The van der Waals surface area contributed by atoms with Crippen molar-refractivity contribution in [2.75, 3.05) is 13.7 Å². The molecule has 0 spiro atoms. The van der Waals surface area contributed by atoms with Gasteiger partial charge in [-0.2, -0.15) is 0 Å². The summed E-state index contributed by atoms with van der Waals surface area (Å²) in [6.07, 6.45) is -0.884. The summed E-state index contributed by atoms with van der Waals surface area (Å²) in [6, 6.07) is 14.5. The number of likely N-dealkylation sites (N-methyl/N-ethyl adjacent to an activating group) is 1. The minimum absolute atomic E-state index is 0.00302. The second kappa shape index (κ2) is 9.85. The lowest BCUT2D eigenvalue weighted by Gasteiger charge is -2.30. The number of rotatable bonds is 7. The third-order valence-electron chi connectivity index (χ3n) is 6.72. The first-order valence-corrected chi connectivity index (χ1v) is 11.5. The molecular formula is C26H30N2O6. The number of fused-ring (bicyclic) bond motifs is 3. The van der Waals surface area contributed by atoms with Gasteiger partial charge in [-0.1, -0.05) is 48.5 Å². The van der Waals surface area contributed by atoms with Gasteiger partial charge in [0.15, 0.2) is 0 Å². The molecule has 34 heavy (non-hydrogen) atoms. The van der Waals surface area contributed by atoms with Crippen molar-refractivity contribution in [2.24, 2.45) is 0 Å². The van der Waals surface area contributed by atoms with Crippen LogP contribution >= 0.6 is 0 Å². The van der Waals surface area contributed by atoms with Crippen molar-refractivity contribution in [1.82, 2.24) is 10.2 Å². The van der Waals surface area contributed by atoms with Crippen molar-refractivity contribution < 1.29 is 29.0 Å². The molecule has 0 bridgehead atoms. The zero-order chi connectivity index (χ0) is 24.4. The van der Waals surface area contributed by atoms with E-state index in [-0.39, 0.29) is 30.8 Å². The van der Waals surface area contributed by atoms with E-state index in [0.717, 1.165) is 22.3 Å². The van der Waals surface area contributed by atoms with Crippen LogP contribution in [0.4, 0.5) is 4.79 Å². The maximum absolute atomic E-state index is 13.1. The first-order valence-electron chi connectivity index (χ1n) is 11.5. The molecule has 4 rings (SSSR count). The van der Waals surface area contributed by atoms with E-state index in [1.54, 1.807) is 7.05 Å². The fraction of sp³-hybridized carbons (Fsp3) is 0.423. The maximum atomic E-state index is 13.1. The lowest BCUT2D eigenvalue weighted by atomic mass is 9.98. The summed E-state index contributed by atoms with van der Waals surface area (Å²) in [5.74, 6) is -1.80. The minimum Gasteiger partial charge on any atom is -0.481 e. The van der Waals surface area contributed by atoms with Crippen LogP contribution in [-0.4, -0.2) is 65.9 Å². The van der Waals surface area contributed by atoms with E-state index < -0.39 is 30.4 Å². The standard InChI is InChI=1S/C26H30N2O6/c1-15-12-23(16(2)34-15)28(3)25(31)22(13-24(29)30)27-26(32)33-14-21-19-10-6-4-8-17(19)18-9-5-7-11-20(18)21/h4-11,15-16,21-23H,12-14H2,1-3H3,(H,27,32)(H,29,30). The summed E-state index contributed by atoms with van der Waals surface area (Å²) in [7, 11) is 1.61. The van der Waals surface area contributed by atoms with Crippen molar-refractivity contribution in [3.63, 3.8) is 0 Å². The molecule has 2 aromatic carbocycles. The second-order valence-electron chi connectivity index (χ2n) is 9.02. The van der Waals surface area contributed by atoms with Crippen LogP contribution in [0.3, 0.4) is 0 Å². The van der Waals surface area contributed by atoms with Crippen LogP contribution in [0.2, 0.25) is 0 Å². The molecular weight excluding hydrogens is 436 g/mol. The number of benzene rings is 2. The number of amides is 2. The van der Waals surface area contributed by atoms with Crippen LogP contribution < -0.4 is 5.32 Å². The van der Waals surface area contributed by atoms with E-state index >= 15 is 0 Å². The van der Waals surface area contributed by atoms with E-state index in [9.17, 15) is 19.5 Å². The summed E-state index contributed by atoms with van der Waals surface area (Å²) >= 11 is 0. The van der Waals surface area contributed by atoms with E-state index in [1.165, 1.54) is 4.90 Å². The van der Waals surface area contributed by atoms with E-state index in [0.29, 0.717) is 6.42 Å². The fourth-order valence-corrected chi connectivity index (χ4v) is 5.08. The van der Waals surface area contributed by atoms with Gasteiger partial charge in [0.2, 0.25) is 5.91 Å². The van der Waals surface area contributed by atoms with Gasteiger partial charge in [0.1, 0.15) is 12.6 Å². The molecule has 0 aromatic heterocycles. The Hall–Kier alpha value is -3.39. The van der Waals surface area contributed by atoms with Crippen molar-refractivity contribution in [2.45, 2.75) is 56.9 Å². The van der Waals surface area contributed by atoms with Crippen LogP contribution in [0.1, 0.15) is 43.7 Å². The molecule has 8 nitrogen and oxygen atoms in total. The number of nitrogens with one attached hydrogen (secondary N) is 1. The molecule has 8 heteroatoms. The Morgan fingerprint density at radius 1 is 1.09 bits per heavy atom. The molecule has 4 unspecified atom stereocenters. The smallest absolute Gasteiger partial charge is 0.407 e. The van der Waals surface area contributed by atoms with Gasteiger partial charge in [-0.15, -0.1) is 0 Å². The van der Waals surface area contributed by atoms with E-state index in [1.807, 2.05) is 62.4 Å². The number of nitrogens with zero attached hydrogens (tertiary/aromatic N) is 1. The summed E-state index contributed by atoms with van der Waals surface area (Å²) in [4.78, 5) is 38.6. The van der Waals surface area contributed by atoms with Crippen molar-refractivity contribution in [3.05, 3.63) is 59.7 Å². The molecule has 1 heterocycles. The Bertz CT molecular complexity index is 1040. The third kappa shape index (κ3) is 4.77. The van der Waals surface area contributed by atoms with Crippen molar-refractivity contribution >= 4 is 18.0 Å². The summed E-state index contributed by atoms with van der Waals surface area (Å²) < 4.78 is 11.2. The van der Waals surface area contributed by atoms with Gasteiger partial charge in [0.05, 0.1) is 24.7 Å². The SMILES string of the molecule is CC1CC(N(C)C(=O)C(CC(=O)O)NC(=O)OCC2c3ccccc3-c3ccccc32)C(C)O1. The quantitative estimate of drug-likeness (QED) is 0.648. The fourth-order valence-electron chi connectivity index (χ4n) is 5.08. The van der Waals surface area contributed by atoms with Gasteiger partial charge >= 0.3 is 12.1 Å². The van der Waals surface area contributed by atoms with Crippen LogP contribution in [0, 0.1) is 0 Å². The molecule has 0 radical (unpaired) electrons. The number of carbonyl (C=O) groups excluding carboxylic acids is 2. The normalized spacial score (nSPS) is 21.9. The minimum atomic E-state index is -1.23. The summed E-state index contributed by atoms with van der Waals surface area (Å²) in [5.41, 5.74) is 4.35. The molecule has 1 aliphatic carbocycles. The van der Waals surface area contributed by atoms with Crippen LogP contribution in [0.15, 0.2) is 48.5 Å². The second-order valence-corrected chi connectivity index (χ2v) is 9.02. The van der Waals surface area contributed by atoms with Crippen LogP contribution in [-0.2, 0) is 19.1 Å². The molecule has 1 aliphatic heterocycles. The predicted molar refractivity (Wildman–Crippen MR) is 125 cm³/mol. The number of aliphatic carboxylic acids is 1. The van der Waals surface area contributed by atoms with Gasteiger partial charge in [-0.25, -0.2) is 4.79 Å². The first kappa shape index (κ1) is 23.8. The molecule has 2 aliphatic rings. The van der Waals surface area contributed by atoms with E-state index in [2.05, 4.69) is 5.32 Å². The number of carboxylic acid groups (broad SMARTS) is 1. The Labute approximate surface area is 198 Å². The average molecular weight is 467 g/mol. The maximum Gasteiger partial charge on any atom is 0.407 e. The molecule has 1 saturated heterocycles. The molecule has 2 aromatic rings. The van der Waals surface area contributed by atoms with E-state index in [4.69, 9.17) is 9.47 Å². The zero-order valence-corrected chi connectivity index (χ0v) is 19.6. The van der Waals surface area contributed by atoms with Crippen LogP contribution in [0.5, 0.6) is 0 Å². The number of carbonyl (C=O) groups is 3. The van der Waals surface area contributed by atoms with Crippen molar-refractivity contribution in [3.8, 4) is 11.1 Å². The monoisotopic (exact) mass is 466 g/mol. The highest BCUT2D eigenvalue weighted by atomic mass is 16.5. The zero-order valence-electron chi connectivity index (χ0n) is 19.6. The Morgan fingerprint density at radius 2 is 1.68 bits per heavy atom. The van der Waals surface area contributed by atoms with Crippen molar-refractivity contribution in [1.29, 1.82) is 0 Å². The Morgan fingerprint density at radius 3 is 2.21 bits per heavy atom.